The number of carbonyl (C=O) groups is 2. The molecule has 0 fully saturated rings. The van der Waals surface area contributed by atoms with Crippen LogP contribution in [0.25, 0.3) is 0 Å². The number of hydrogen-bond acceptors (Lipinski definition) is 6. The molecule has 0 radical (unpaired) electrons. The largest absolute Gasteiger partial charge is 0.467 e. The lowest BCUT2D eigenvalue weighted by Gasteiger charge is -2.27. The van der Waals surface area contributed by atoms with Crippen molar-refractivity contribution in [1.82, 2.24) is 4.90 Å². The van der Waals surface area contributed by atoms with Crippen LogP contribution in [-0.2, 0) is 26.9 Å². The molecule has 1 N–H and O–H groups in total. The topological polar surface area (TPSA) is 127 Å². The first-order chi connectivity index (χ1) is 13.8. The Morgan fingerprint density at radius 3 is 2.31 bits per heavy atom. The van der Waals surface area contributed by atoms with Crippen molar-refractivity contribution in [2.45, 2.75) is 23.9 Å². The lowest BCUT2D eigenvalue weighted by Crippen LogP contribution is -2.45. The molecule has 1 unspecified atom stereocenters. The fraction of sp³-hybridized carbons (Fsp3) is 0.263. The average Bonchev–Trinajstić information content (AvgIpc) is 2.73. The minimum absolute atomic E-state index is 0.0177. The van der Waals surface area contributed by atoms with Crippen molar-refractivity contribution >= 4 is 28.5 Å². The molecule has 2 atom stereocenters. The van der Waals surface area contributed by atoms with Crippen LogP contribution in [0.15, 0.2) is 59.5 Å². The van der Waals surface area contributed by atoms with Gasteiger partial charge in [0.05, 0.1) is 22.8 Å². The van der Waals surface area contributed by atoms with Gasteiger partial charge in [0.15, 0.2) is 0 Å². The van der Waals surface area contributed by atoms with E-state index in [9.17, 15) is 29.0 Å². The standard InChI is InChI=1S/C19H20N2O7S/c1-28-18(22)17(20(19(23)24)13-14-5-3-2-4-6-14)11-12-29(27)16-9-7-15(8-10-16)21(25)26/h2-10,17H,11-13H2,1H3,(H,23,24)/t17-,29?/m0/s1. The molecule has 0 bridgehead atoms. The zero-order valence-electron chi connectivity index (χ0n) is 15.6. The number of methoxy groups -OCH3 is 1. The Balaban J connectivity index is 2.14. The number of carbonyl (C=O) groups excluding carboxylic acids is 1. The SMILES string of the molecule is COC(=O)[C@H](CCS(=O)c1ccc([N+](=O)[O-])cc1)N(Cc1ccccc1)C(=O)O. The molecule has 9 nitrogen and oxygen atoms in total. The van der Waals surface area contributed by atoms with Gasteiger partial charge in [-0.2, -0.15) is 0 Å². The molecular formula is C19H20N2O7S. The van der Waals surface area contributed by atoms with E-state index in [1.165, 1.54) is 24.3 Å². The number of carboxylic acid groups (broad SMARTS) is 1. The highest BCUT2D eigenvalue weighted by Gasteiger charge is 2.31. The minimum Gasteiger partial charge on any atom is -0.467 e. The highest BCUT2D eigenvalue weighted by molar-refractivity contribution is 7.85. The Bertz CT molecular complexity index is 887. The quantitative estimate of drug-likeness (QED) is 0.375. The fourth-order valence-electron chi connectivity index (χ4n) is 2.68. The number of hydrogen-bond donors (Lipinski definition) is 1. The van der Waals surface area contributed by atoms with E-state index in [1.807, 2.05) is 0 Å². The molecule has 154 valence electrons. The smallest absolute Gasteiger partial charge is 0.408 e. The van der Waals surface area contributed by atoms with Crippen LogP contribution < -0.4 is 0 Å². The van der Waals surface area contributed by atoms with E-state index in [4.69, 9.17) is 4.74 Å². The first-order valence-electron chi connectivity index (χ1n) is 8.57. The van der Waals surface area contributed by atoms with Crippen molar-refractivity contribution in [2.75, 3.05) is 12.9 Å². The van der Waals surface area contributed by atoms with Crippen LogP contribution in [0.5, 0.6) is 0 Å². The summed E-state index contributed by atoms with van der Waals surface area (Å²) in [6, 6.07) is 12.9. The third kappa shape index (κ3) is 6.11. The van der Waals surface area contributed by atoms with E-state index in [1.54, 1.807) is 30.3 Å². The molecule has 0 saturated heterocycles. The number of rotatable bonds is 9. The molecule has 0 spiro atoms. The van der Waals surface area contributed by atoms with Crippen LogP contribution >= 0.6 is 0 Å². The third-order valence-corrected chi connectivity index (χ3v) is 5.58. The molecule has 2 aromatic carbocycles. The van der Waals surface area contributed by atoms with Gasteiger partial charge >= 0.3 is 12.1 Å². The zero-order chi connectivity index (χ0) is 21.4. The van der Waals surface area contributed by atoms with Crippen LogP contribution in [0, 0.1) is 10.1 Å². The molecule has 0 aromatic heterocycles. The van der Waals surface area contributed by atoms with Gasteiger partial charge in [0.2, 0.25) is 0 Å². The van der Waals surface area contributed by atoms with Gasteiger partial charge in [-0.1, -0.05) is 30.3 Å². The Morgan fingerprint density at radius 1 is 1.17 bits per heavy atom. The molecule has 0 aliphatic carbocycles. The summed E-state index contributed by atoms with van der Waals surface area (Å²) < 4.78 is 17.3. The Morgan fingerprint density at radius 2 is 1.79 bits per heavy atom. The molecule has 2 aromatic rings. The lowest BCUT2D eigenvalue weighted by atomic mass is 10.1. The molecule has 1 amide bonds. The maximum Gasteiger partial charge on any atom is 0.408 e. The van der Waals surface area contributed by atoms with Crippen LogP contribution in [0.3, 0.4) is 0 Å². The van der Waals surface area contributed by atoms with Crippen LogP contribution in [-0.4, -0.2) is 50.1 Å². The van der Waals surface area contributed by atoms with Gasteiger partial charge in [-0.3, -0.25) is 19.2 Å². The summed E-state index contributed by atoms with van der Waals surface area (Å²) in [6.45, 7) is -0.0277. The van der Waals surface area contributed by atoms with Gasteiger partial charge in [0, 0.05) is 29.3 Å². The van der Waals surface area contributed by atoms with E-state index in [-0.39, 0.29) is 24.4 Å². The molecule has 0 aliphatic rings. The minimum atomic E-state index is -1.57. The first kappa shape index (κ1) is 22.0. The molecule has 10 heteroatoms. The highest BCUT2D eigenvalue weighted by atomic mass is 32.2. The van der Waals surface area contributed by atoms with Gasteiger partial charge in [-0.15, -0.1) is 0 Å². The van der Waals surface area contributed by atoms with E-state index >= 15 is 0 Å². The van der Waals surface area contributed by atoms with E-state index in [2.05, 4.69) is 0 Å². The van der Waals surface area contributed by atoms with Gasteiger partial charge in [-0.25, -0.2) is 9.59 Å². The highest BCUT2D eigenvalue weighted by Crippen LogP contribution is 2.18. The van der Waals surface area contributed by atoms with Crippen molar-refractivity contribution in [3.63, 3.8) is 0 Å². The Hall–Kier alpha value is -3.27. The molecule has 29 heavy (non-hydrogen) atoms. The second-order valence-electron chi connectivity index (χ2n) is 6.02. The van der Waals surface area contributed by atoms with E-state index in [0.29, 0.717) is 10.5 Å². The average molecular weight is 420 g/mol. The van der Waals surface area contributed by atoms with E-state index in [0.717, 1.165) is 12.0 Å². The number of amides is 1. The number of ether oxygens (including phenoxy) is 1. The number of esters is 1. The summed E-state index contributed by atoms with van der Waals surface area (Å²) in [6.07, 6.45) is -1.33. The maximum absolute atomic E-state index is 12.5. The predicted molar refractivity (Wildman–Crippen MR) is 105 cm³/mol. The fourth-order valence-corrected chi connectivity index (χ4v) is 3.80. The molecular weight excluding hydrogens is 400 g/mol. The van der Waals surface area contributed by atoms with Crippen LogP contribution in [0.4, 0.5) is 10.5 Å². The molecule has 0 aliphatic heterocycles. The number of nitrogens with zero attached hydrogens (tertiary/aromatic N) is 2. The summed E-state index contributed by atoms with van der Waals surface area (Å²) in [4.78, 5) is 35.4. The number of nitro benzene ring substituents is 1. The third-order valence-electron chi connectivity index (χ3n) is 4.18. The van der Waals surface area contributed by atoms with Gasteiger partial charge < -0.3 is 9.84 Å². The summed E-state index contributed by atoms with van der Waals surface area (Å²) >= 11 is 0. The molecule has 2 rings (SSSR count). The van der Waals surface area contributed by atoms with Gasteiger partial charge in [0.1, 0.15) is 6.04 Å². The van der Waals surface area contributed by atoms with Gasteiger partial charge in [-0.05, 0) is 24.1 Å². The van der Waals surface area contributed by atoms with Gasteiger partial charge in [0.25, 0.3) is 5.69 Å². The Kier molecular flexibility index (Phi) is 7.84. The molecule has 0 saturated carbocycles. The Labute approximate surface area is 169 Å². The number of nitro groups is 1. The van der Waals surface area contributed by atoms with Crippen molar-refractivity contribution in [2.24, 2.45) is 0 Å². The maximum atomic E-state index is 12.5. The van der Waals surface area contributed by atoms with Crippen LogP contribution in [0.1, 0.15) is 12.0 Å². The first-order valence-corrected chi connectivity index (χ1v) is 9.89. The number of benzene rings is 2. The monoisotopic (exact) mass is 420 g/mol. The zero-order valence-corrected chi connectivity index (χ0v) is 16.4. The summed E-state index contributed by atoms with van der Waals surface area (Å²) in [5.41, 5.74) is 0.568. The summed E-state index contributed by atoms with van der Waals surface area (Å²) in [5, 5.41) is 20.3. The van der Waals surface area contributed by atoms with Crippen molar-refractivity contribution < 1.29 is 28.6 Å². The van der Waals surface area contributed by atoms with E-state index < -0.39 is 33.8 Å². The number of non-ortho nitro benzene ring substituents is 1. The normalized spacial score (nSPS) is 12.6. The summed E-state index contributed by atoms with van der Waals surface area (Å²) in [7, 11) is -0.412. The molecule has 0 heterocycles. The van der Waals surface area contributed by atoms with Crippen molar-refractivity contribution in [1.29, 1.82) is 0 Å². The lowest BCUT2D eigenvalue weighted by molar-refractivity contribution is -0.384. The second kappa shape index (κ2) is 10.3. The van der Waals surface area contributed by atoms with Crippen molar-refractivity contribution in [3.8, 4) is 0 Å². The second-order valence-corrected chi connectivity index (χ2v) is 7.60. The predicted octanol–water partition coefficient (Wildman–Crippen LogP) is 2.81. The van der Waals surface area contributed by atoms with Crippen molar-refractivity contribution in [3.05, 3.63) is 70.3 Å². The van der Waals surface area contributed by atoms with Crippen LogP contribution in [0.2, 0.25) is 0 Å². The summed E-state index contributed by atoms with van der Waals surface area (Å²) in [5.74, 6) is -0.764.